The zero-order valence-corrected chi connectivity index (χ0v) is 4.94. The summed E-state index contributed by atoms with van der Waals surface area (Å²) in [5.74, 6) is 0. The number of rotatable bonds is 1. The van der Waals surface area contributed by atoms with Crippen molar-refractivity contribution >= 4 is 0 Å². The van der Waals surface area contributed by atoms with E-state index >= 15 is 0 Å². The molecule has 0 amide bonds. The molecule has 0 aromatic carbocycles. The second-order valence-electron chi connectivity index (χ2n) is 1.67. The Morgan fingerprint density at radius 2 is 2.38 bits per heavy atom. The Labute approximate surface area is 49.3 Å². The lowest BCUT2D eigenvalue weighted by molar-refractivity contribution is 0.882. The smallest absolute Gasteiger partial charge is 0.0306 e. The van der Waals surface area contributed by atoms with Gasteiger partial charge in [-0.25, -0.2) is 0 Å². The highest BCUT2D eigenvalue weighted by atomic mass is 15.0. The molecule has 2 N–H and O–H groups in total. The molecular formula is C6H10N2. The maximum absolute atomic E-state index is 3.09. The first-order chi connectivity index (χ1) is 3.93. The van der Waals surface area contributed by atoms with Gasteiger partial charge in [0.15, 0.2) is 0 Å². The maximum atomic E-state index is 3.09. The van der Waals surface area contributed by atoms with E-state index in [1.165, 1.54) is 5.70 Å². The lowest BCUT2D eigenvalue weighted by Crippen LogP contribution is -2.13. The summed E-state index contributed by atoms with van der Waals surface area (Å²) in [6.07, 6.45) is 6.76. The monoisotopic (exact) mass is 110 g/mol. The summed E-state index contributed by atoms with van der Waals surface area (Å²) in [5, 5.41) is 6.07. The van der Waals surface area contributed by atoms with Crippen molar-refractivity contribution in [3.63, 3.8) is 0 Å². The number of allylic oxidation sites excluding steroid dienone is 1. The molecule has 1 aliphatic heterocycles. The molecule has 0 spiro atoms. The topological polar surface area (TPSA) is 24.1 Å². The largest absolute Gasteiger partial charge is 0.365 e. The van der Waals surface area contributed by atoms with E-state index in [-0.39, 0.29) is 0 Å². The van der Waals surface area contributed by atoms with Gasteiger partial charge >= 0.3 is 0 Å². The third kappa shape index (κ3) is 1.03. The van der Waals surface area contributed by atoms with Crippen LogP contribution in [0.3, 0.4) is 0 Å². The van der Waals surface area contributed by atoms with Crippen molar-refractivity contribution in [1.29, 1.82) is 0 Å². The van der Waals surface area contributed by atoms with Crippen LogP contribution < -0.4 is 10.6 Å². The van der Waals surface area contributed by atoms with Crippen LogP contribution in [0.1, 0.15) is 13.3 Å². The van der Waals surface area contributed by atoms with Crippen LogP contribution in [0.15, 0.2) is 24.3 Å². The van der Waals surface area contributed by atoms with Gasteiger partial charge in [0.2, 0.25) is 0 Å². The van der Waals surface area contributed by atoms with Gasteiger partial charge < -0.3 is 10.6 Å². The first-order valence-corrected chi connectivity index (χ1v) is 2.80. The van der Waals surface area contributed by atoms with Gasteiger partial charge in [-0.05, 0) is 6.42 Å². The zero-order chi connectivity index (χ0) is 5.82. The molecular weight excluding hydrogens is 100 g/mol. The summed E-state index contributed by atoms with van der Waals surface area (Å²) in [4.78, 5) is 0. The van der Waals surface area contributed by atoms with Crippen molar-refractivity contribution in [2.45, 2.75) is 13.3 Å². The van der Waals surface area contributed by atoms with Gasteiger partial charge in [0.25, 0.3) is 0 Å². The van der Waals surface area contributed by atoms with Gasteiger partial charge in [-0.15, -0.1) is 0 Å². The van der Waals surface area contributed by atoms with Crippen molar-refractivity contribution in [3.8, 4) is 0 Å². The molecule has 2 nitrogen and oxygen atoms in total. The Bertz CT molecular complexity index is 124. The fourth-order valence-electron chi connectivity index (χ4n) is 0.591. The molecule has 0 aromatic rings. The van der Waals surface area contributed by atoms with E-state index in [4.69, 9.17) is 0 Å². The van der Waals surface area contributed by atoms with E-state index < -0.39 is 0 Å². The molecule has 0 aliphatic carbocycles. The Morgan fingerprint density at radius 3 is 2.75 bits per heavy atom. The highest BCUT2D eigenvalue weighted by molar-refractivity contribution is 5.07. The van der Waals surface area contributed by atoms with Crippen LogP contribution >= 0.6 is 0 Å². The summed E-state index contributed by atoms with van der Waals surface area (Å²) >= 11 is 0. The molecule has 1 aliphatic rings. The third-order valence-electron chi connectivity index (χ3n) is 1.09. The predicted molar refractivity (Wildman–Crippen MR) is 33.8 cm³/mol. The number of hydrogen-bond donors (Lipinski definition) is 2. The molecule has 0 saturated heterocycles. The van der Waals surface area contributed by atoms with E-state index in [9.17, 15) is 0 Å². The lowest BCUT2D eigenvalue weighted by atomic mass is 10.3. The average Bonchev–Trinajstić information content (AvgIpc) is 1.90. The van der Waals surface area contributed by atoms with Gasteiger partial charge in [0.05, 0.1) is 0 Å². The van der Waals surface area contributed by atoms with Crippen LogP contribution in [0.2, 0.25) is 0 Å². The molecule has 0 fully saturated rings. The summed E-state index contributed by atoms with van der Waals surface area (Å²) in [6, 6.07) is 0. The van der Waals surface area contributed by atoms with Crippen LogP contribution in [-0.4, -0.2) is 0 Å². The molecule has 0 unspecified atom stereocenters. The van der Waals surface area contributed by atoms with Gasteiger partial charge in [0.1, 0.15) is 0 Å². The average molecular weight is 110 g/mol. The van der Waals surface area contributed by atoms with Crippen molar-refractivity contribution < 1.29 is 0 Å². The molecule has 0 radical (unpaired) electrons. The summed E-state index contributed by atoms with van der Waals surface area (Å²) in [7, 11) is 0. The predicted octanol–water partition coefficient (Wildman–Crippen LogP) is 0.902. The van der Waals surface area contributed by atoms with Crippen LogP contribution in [-0.2, 0) is 0 Å². The molecule has 1 heterocycles. The van der Waals surface area contributed by atoms with Crippen LogP contribution in [0.5, 0.6) is 0 Å². The highest BCUT2D eigenvalue weighted by Gasteiger charge is 1.89. The fourth-order valence-corrected chi connectivity index (χ4v) is 0.591. The summed E-state index contributed by atoms with van der Waals surface area (Å²) in [6.45, 7) is 2.11. The summed E-state index contributed by atoms with van der Waals surface area (Å²) < 4.78 is 0. The quantitative estimate of drug-likeness (QED) is 0.524. The molecule has 2 heteroatoms. The third-order valence-corrected chi connectivity index (χ3v) is 1.09. The van der Waals surface area contributed by atoms with Gasteiger partial charge in [-0.2, -0.15) is 0 Å². The van der Waals surface area contributed by atoms with Gasteiger partial charge in [0, 0.05) is 24.3 Å². The van der Waals surface area contributed by atoms with Gasteiger partial charge in [-0.1, -0.05) is 6.92 Å². The van der Waals surface area contributed by atoms with E-state index in [2.05, 4.69) is 17.6 Å². The van der Waals surface area contributed by atoms with Crippen molar-refractivity contribution in [2.75, 3.05) is 0 Å². The molecule has 0 atom stereocenters. The first kappa shape index (κ1) is 5.22. The van der Waals surface area contributed by atoms with Crippen molar-refractivity contribution in [2.24, 2.45) is 0 Å². The van der Waals surface area contributed by atoms with Crippen LogP contribution in [0.25, 0.3) is 0 Å². The normalized spacial score (nSPS) is 16.4. The van der Waals surface area contributed by atoms with E-state index in [1.807, 2.05) is 18.6 Å². The molecule has 0 bridgehead atoms. The van der Waals surface area contributed by atoms with Crippen molar-refractivity contribution in [1.82, 2.24) is 10.6 Å². The zero-order valence-electron chi connectivity index (χ0n) is 4.94. The minimum absolute atomic E-state index is 1.05. The Kier molecular flexibility index (Phi) is 1.57. The second-order valence-corrected chi connectivity index (χ2v) is 1.67. The summed E-state index contributed by atoms with van der Waals surface area (Å²) in [5.41, 5.74) is 1.23. The van der Waals surface area contributed by atoms with Crippen LogP contribution in [0, 0.1) is 0 Å². The Hall–Kier alpha value is -0.920. The maximum Gasteiger partial charge on any atom is 0.0306 e. The minimum atomic E-state index is 1.05. The fraction of sp³-hybridized carbons (Fsp3) is 0.333. The Balaban J connectivity index is 2.43. The standard InChI is InChI=1S/C6H10N2/c1-2-6-5-7-3-4-8-6/h3-5,7-8H,2H2,1H3. The van der Waals surface area contributed by atoms with Gasteiger partial charge in [-0.3, -0.25) is 0 Å². The van der Waals surface area contributed by atoms with E-state index in [0.717, 1.165) is 6.42 Å². The minimum Gasteiger partial charge on any atom is -0.365 e. The number of nitrogens with one attached hydrogen (secondary N) is 2. The molecule has 44 valence electrons. The second kappa shape index (κ2) is 2.40. The van der Waals surface area contributed by atoms with E-state index in [0.29, 0.717) is 0 Å². The molecule has 0 aromatic heterocycles. The SMILES string of the molecule is CCC1=CNC=CN1. The molecule has 0 saturated carbocycles. The highest BCUT2D eigenvalue weighted by Crippen LogP contribution is 1.95. The number of hydrogen-bond acceptors (Lipinski definition) is 2. The Morgan fingerprint density at radius 1 is 1.50 bits per heavy atom. The molecule has 1 rings (SSSR count). The lowest BCUT2D eigenvalue weighted by Gasteiger charge is -2.07. The van der Waals surface area contributed by atoms with Crippen LogP contribution in [0.4, 0.5) is 0 Å². The molecule has 8 heavy (non-hydrogen) atoms. The first-order valence-electron chi connectivity index (χ1n) is 2.80. The van der Waals surface area contributed by atoms with Crippen molar-refractivity contribution in [3.05, 3.63) is 24.3 Å². The van der Waals surface area contributed by atoms with E-state index in [1.54, 1.807) is 0 Å².